The summed E-state index contributed by atoms with van der Waals surface area (Å²) >= 11 is 5.27. The van der Waals surface area contributed by atoms with Gasteiger partial charge < -0.3 is 5.32 Å². The minimum atomic E-state index is 0.955. The van der Waals surface area contributed by atoms with E-state index >= 15 is 0 Å². The Balaban J connectivity index is 2.24. The Morgan fingerprint density at radius 2 is 2.06 bits per heavy atom. The van der Waals surface area contributed by atoms with Gasteiger partial charge in [0.25, 0.3) is 0 Å². The molecule has 0 amide bonds. The molecule has 16 heavy (non-hydrogen) atoms. The van der Waals surface area contributed by atoms with Crippen molar-refractivity contribution in [3.05, 3.63) is 39.8 Å². The van der Waals surface area contributed by atoms with Crippen molar-refractivity contribution in [3.63, 3.8) is 0 Å². The van der Waals surface area contributed by atoms with Crippen molar-refractivity contribution < 1.29 is 0 Å². The Morgan fingerprint density at radius 3 is 2.75 bits per heavy atom. The summed E-state index contributed by atoms with van der Waals surface area (Å²) in [6, 6.07) is 10.3. The summed E-state index contributed by atoms with van der Waals surface area (Å²) in [7, 11) is 1.96. The molecule has 2 rings (SSSR count). The van der Waals surface area contributed by atoms with Gasteiger partial charge in [-0.3, -0.25) is 0 Å². The summed E-state index contributed by atoms with van der Waals surface area (Å²) in [5.41, 5.74) is 2.32. The third-order valence-corrected chi connectivity index (χ3v) is 4.16. The van der Waals surface area contributed by atoms with Crippen LogP contribution in [-0.4, -0.2) is 18.6 Å². The molecule has 1 heterocycles. The van der Waals surface area contributed by atoms with Crippen molar-refractivity contribution in [3.8, 4) is 10.6 Å². The zero-order valence-electron chi connectivity index (χ0n) is 9.03. The van der Waals surface area contributed by atoms with Crippen molar-refractivity contribution in [2.45, 2.75) is 6.42 Å². The molecule has 0 saturated carbocycles. The lowest BCUT2D eigenvalue weighted by Gasteiger charge is -1.96. The molecule has 0 radical (unpaired) electrons. The smallest absolute Gasteiger partial charge is 0.124 e. The maximum atomic E-state index is 4.65. The Hall–Kier alpha value is -0.710. The first-order valence-electron chi connectivity index (χ1n) is 5.16. The number of nitrogens with one attached hydrogen (secondary N) is 1. The summed E-state index contributed by atoms with van der Waals surface area (Å²) in [5, 5.41) is 4.22. The molecule has 2 nitrogen and oxygen atoms in total. The van der Waals surface area contributed by atoms with Crippen molar-refractivity contribution in [1.82, 2.24) is 10.3 Å². The van der Waals surface area contributed by atoms with Crippen LogP contribution in [0.3, 0.4) is 0 Å². The molecule has 0 aliphatic rings. The highest BCUT2D eigenvalue weighted by molar-refractivity contribution is 9.11. The Kier molecular flexibility index (Phi) is 4.09. The van der Waals surface area contributed by atoms with Gasteiger partial charge in [-0.1, -0.05) is 30.3 Å². The van der Waals surface area contributed by atoms with Crippen LogP contribution in [0.4, 0.5) is 0 Å². The fourth-order valence-corrected chi connectivity index (χ4v) is 3.03. The molecule has 0 atom stereocenters. The summed E-state index contributed by atoms with van der Waals surface area (Å²) in [5.74, 6) is 0. The van der Waals surface area contributed by atoms with Gasteiger partial charge in [0, 0.05) is 18.5 Å². The average Bonchev–Trinajstić information content (AvgIpc) is 2.69. The van der Waals surface area contributed by atoms with Gasteiger partial charge in [-0.25, -0.2) is 4.98 Å². The number of halogens is 1. The summed E-state index contributed by atoms with van der Waals surface area (Å²) in [6.45, 7) is 0.955. The van der Waals surface area contributed by atoms with E-state index in [2.05, 4.69) is 38.4 Å². The lowest BCUT2D eigenvalue weighted by molar-refractivity contribution is 0.779. The molecular weight excluding hydrogens is 284 g/mol. The van der Waals surface area contributed by atoms with Crippen LogP contribution in [0.25, 0.3) is 10.6 Å². The minimum absolute atomic E-state index is 0.955. The van der Waals surface area contributed by atoms with Crippen LogP contribution in [0.2, 0.25) is 0 Å². The van der Waals surface area contributed by atoms with Gasteiger partial charge in [0.2, 0.25) is 0 Å². The third-order valence-electron chi connectivity index (χ3n) is 2.28. The standard InChI is InChI=1S/C12H13BrN2S/c1-14-8-7-10-11(13)16-12(15-10)9-5-3-2-4-6-9/h2-6,14H,7-8H2,1H3. The van der Waals surface area contributed by atoms with Crippen LogP contribution >= 0.6 is 27.3 Å². The molecule has 1 N–H and O–H groups in total. The van der Waals surface area contributed by atoms with E-state index in [4.69, 9.17) is 0 Å². The molecule has 0 aliphatic heterocycles. The van der Waals surface area contributed by atoms with Crippen molar-refractivity contribution >= 4 is 27.3 Å². The van der Waals surface area contributed by atoms with Crippen LogP contribution in [0, 0.1) is 0 Å². The quantitative estimate of drug-likeness (QED) is 0.936. The number of thiazole rings is 1. The normalized spacial score (nSPS) is 10.6. The van der Waals surface area contributed by atoms with Gasteiger partial charge in [0.15, 0.2) is 0 Å². The van der Waals surface area contributed by atoms with E-state index in [0.717, 1.165) is 27.5 Å². The predicted molar refractivity (Wildman–Crippen MR) is 72.9 cm³/mol. The Bertz CT molecular complexity index is 453. The van der Waals surface area contributed by atoms with E-state index < -0.39 is 0 Å². The maximum Gasteiger partial charge on any atom is 0.124 e. The van der Waals surface area contributed by atoms with E-state index in [1.807, 2.05) is 25.2 Å². The molecule has 1 aromatic heterocycles. The maximum absolute atomic E-state index is 4.65. The summed E-state index contributed by atoms with van der Waals surface area (Å²) in [6.07, 6.45) is 0.959. The molecule has 0 spiro atoms. The molecule has 2 aromatic rings. The topological polar surface area (TPSA) is 24.9 Å². The fourth-order valence-electron chi connectivity index (χ4n) is 1.43. The van der Waals surface area contributed by atoms with Crippen LogP contribution in [0.15, 0.2) is 34.1 Å². The second-order valence-corrected chi connectivity index (χ2v) is 5.78. The third kappa shape index (κ3) is 2.70. The predicted octanol–water partition coefficient (Wildman–Crippen LogP) is 3.33. The van der Waals surface area contributed by atoms with E-state index in [-0.39, 0.29) is 0 Å². The second kappa shape index (κ2) is 5.57. The highest BCUT2D eigenvalue weighted by atomic mass is 79.9. The molecular formula is C12H13BrN2S. The first-order chi connectivity index (χ1) is 7.81. The van der Waals surface area contributed by atoms with Gasteiger partial charge in [-0.2, -0.15) is 0 Å². The number of hydrogen-bond donors (Lipinski definition) is 1. The number of likely N-dealkylation sites (N-methyl/N-ethyl adjacent to an activating group) is 1. The van der Waals surface area contributed by atoms with Crippen molar-refractivity contribution in [1.29, 1.82) is 0 Å². The molecule has 0 bridgehead atoms. The molecule has 0 fully saturated rings. The molecule has 0 saturated heterocycles. The van der Waals surface area contributed by atoms with Gasteiger partial charge >= 0.3 is 0 Å². The van der Waals surface area contributed by atoms with Crippen LogP contribution in [-0.2, 0) is 6.42 Å². The molecule has 84 valence electrons. The second-order valence-electron chi connectivity index (χ2n) is 3.46. The first kappa shape index (κ1) is 11.8. The Labute approximate surface area is 108 Å². The zero-order chi connectivity index (χ0) is 11.4. The number of benzene rings is 1. The zero-order valence-corrected chi connectivity index (χ0v) is 11.4. The van der Waals surface area contributed by atoms with Crippen molar-refractivity contribution in [2.24, 2.45) is 0 Å². The van der Waals surface area contributed by atoms with Crippen molar-refractivity contribution in [2.75, 3.05) is 13.6 Å². The average molecular weight is 297 g/mol. The monoisotopic (exact) mass is 296 g/mol. The van der Waals surface area contributed by atoms with E-state index in [9.17, 15) is 0 Å². The highest BCUT2D eigenvalue weighted by Gasteiger charge is 2.09. The largest absolute Gasteiger partial charge is 0.319 e. The number of aromatic nitrogens is 1. The molecule has 4 heteroatoms. The lowest BCUT2D eigenvalue weighted by atomic mass is 10.2. The number of nitrogens with zero attached hydrogens (tertiary/aromatic N) is 1. The van der Waals surface area contributed by atoms with Gasteiger partial charge in [0.1, 0.15) is 5.01 Å². The van der Waals surface area contributed by atoms with E-state index in [1.165, 1.54) is 5.56 Å². The minimum Gasteiger partial charge on any atom is -0.319 e. The number of rotatable bonds is 4. The van der Waals surface area contributed by atoms with Gasteiger partial charge in [0.05, 0.1) is 9.48 Å². The molecule has 0 aliphatic carbocycles. The SMILES string of the molecule is CNCCc1nc(-c2ccccc2)sc1Br. The van der Waals surface area contributed by atoms with E-state index in [0.29, 0.717) is 0 Å². The van der Waals surface area contributed by atoms with Gasteiger partial charge in [-0.15, -0.1) is 11.3 Å². The molecule has 1 aromatic carbocycles. The summed E-state index contributed by atoms with van der Waals surface area (Å²) in [4.78, 5) is 4.65. The number of hydrogen-bond acceptors (Lipinski definition) is 3. The van der Waals surface area contributed by atoms with Gasteiger partial charge in [-0.05, 0) is 23.0 Å². The summed E-state index contributed by atoms with van der Waals surface area (Å²) < 4.78 is 1.14. The molecule has 0 unspecified atom stereocenters. The first-order valence-corrected chi connectivity index (χ1v) is 6.77. The van der Waals surface area contributed by atoms with Crippen LogP contribution in [0.5, 0.6) is 0 Å². The van der Waals surface area contributed by atoms with Crippen LogP contribution < -0.4 is 5.32 Å². The highest BCUT2D eigenvalue weighted by Crippen LogP contribution is 2.31. The fraction of sp³-hybridized carbons (Fsp3) is 0.250. The lowest BCUT2D eigenvalue weighted by Crippen LogP contribution is -2.10. The van der Waals surface area contributed by atoms with Crippen LogP contribution in [0.1, 0.15) is 5.69 Å². The Morgan fingerprint density at radius 1 is 1.31 bits per heavy atom. The van der Waals surface area contributed by atoms with E-state index in [1.54, 1.807) is 11.3 Å².